The Labute approximate surface area is 246 Å². The van der Waals surface area contributed by atoms with Crippen LogP contribution in [-0.2, 0) is 0 Å². The number of thiophene rings is 1. The quantitative estimate of drug-likeness (QED) is 0.219. The Morgan fingerprint density at radius 2 is 1.12 bits per heavy atom. The molecule has 6 aromatic carbocycles. The predicted molar refractivity (Wildman–Crippen MR) is 174 cm³/mol. The van der Waals surface area contributed by atoms with E-state index < -0.39 is 0 Å². The molecule has 0 unspecified atom stereocenters. The third-order valence-corrected chi connectivity index (χ3v) is 9.27. The lowest BCUT2D eigenvalue weighted by atomic mass is 9.90. The average molecular weight is 552 g/mol. The van der Waals surface area contributed by atoms with Gasteiger partial charge in [0.05, 0.1) is 27.8 Å². The summed E-state index contributed by atoms with van der Waals surface area (Å²) in [5.74, 6) is 0. The van der Waals surface area contributed by atoms with Crippen LogP contribution < -0.4 is 0 Å². The lowest BCUT2D eigenvalue weighted by molar-refractivity contribution is 1.16. The van der Waals surface area contributed by atoms with Crippen molar-refractivity contribution in [2.75, 3.05) is 0 Å². The summed E-state index contributed by atoms with van der Waals surface area (Å²) in [7, 11) is 0. The van der Waals surface area contributed by atoms with E-state index in [0.717, 1.165) is 49.7 Å². The zero-order chi connectivity index (χ0) is 28.2. The van der Waals surface area contributed by atoms with Crippen molar-refractivity contribution in [1.82, 2.24) is 4.57 Å². The maximum Gasteiger partial charge on any atom is 0.103 e. The molecule has 0 spiro atoms. The van der Waals surface area contributed by atoms with Crippen LogP contribution in [0.15, 0.2) is 127 Å². The molecule has 8 aromatic rings. The molecule has 2 aromatic heterocycles. The molecule has 2 heterocycles. The second-order valence-electron chi connectivity index (χ2n) is 10.3. The van der Waals surface area contributed by atoms with Gasteiger partial charge in [-0.2, -0.15) is 10.5 Å². The van der Waals surface area contributed by atoms with Crippen LogP contribution in [0.25, 0.3) is 69.9 Å². The highest BCUT2D eigenvalue weighted by Gasteiger charge is 2.22. The second-order valence-corrected chi connectivity index (χ2v) is 11.4. The summed E-state index contributed by atoms with van der Waals surface area (Å²) in [6.07, 6.45) is 0. The number of benzene rings is 6. The van der Waals surface area contributed by atoms with E-state index in [1.807, 2.05) is 47.7 Å². The highest BCUT2D eigenvalue weighted by atomic mass is 32.1. The van der Waals surface area contributed by atoms with Gasteiger partial charge < -0.3 is 4.57 Å². The van der Waals surface area contributed by atoms with E-state index in [1.54, 1.807) is 6.07 Å². The summed E-state index contributed by atoms with van der Waals surface area (Å²) in [5.41, 5.74) is 7.55. The molecule has 0 bridgehead atoms. The minimum Gasteiger partial charge on any atom is -0.307 e. The highest BCUT2D eigenvalue weighted by molar-refractivity contribution is 7.25. The standard InChI is InChI=1S/C38H21N3S/c39-22-25-17-19-31(38(33(25)23-40)41-34-14-6-3-11-28(34)29-12-4-7-15-35(29)41)27-10-2-1-9-26(27)24-18-20-37-32(21-24)30-13-5-8-16-36(30)42-37/h1-21H. The Morgan fingerprint density at radius 1 is 0.500 bits per heavy atom. The smallest absolute Gasteiger partial charge is 0.103 e. The zero-order valence-electron chi connectivity index (χ0n) is 22.4. The zero-order valence-corrected chi connectivity index (χ0v) is 23.2. The van der Waals surface area contributed by atoms with Gasteiger partial charge in [-0.15, -0.1) is 11.3 Å². The molecule has 8 rings (SSSR count). The van der Waals surface area contributed by atoms with Crippen LogP contribution in [0.1, 0.15) is 11.1 Å². The van der Waals surface area contributed by atoms with Crippen LogP contribution >= 0.6 is 11.3 Å². The molecule has 0 aliphatic heterocycles. The third-order valence-electron chi connectivity index (χ3n) is 8.12. The second kappa shape index (κ2) is 9.46. The van der Waals surface area contributed by atoms with E-state index in [2.05, 4.69) is 102 Å². The number of hydrogen-bond donors (Lipinski definition) is 0. The Hall–Kier alpha value is -5.68. The number of aromatic nitrogens is 1. The van der Waals surface area contributed by atoms with E-state index >= 15 is 0 Å². The molecule has 0 atom stereocenters. The van der Waals surface area contributed by atoms with Gasteiger partial charge in [0.2, 0.25) is 0 Å². The molecule has 4 heteroatoms. The molecule has 3 nitrogen and oxygen atoms in total. The molecular formula is C38H21N3S. The molecule has 0 aliphatic carbocycles. The molecule has 0 amide bonds. The van der Waals surface area contributed by atoms with Crippen LogP contribution in [0.2, 0.25) is 0 Å². The van der Waals surface area contributed by atoms with Crippen molar-refractivity contribution in [2.24, 2.45) is 0 Å². The first kappa shape index (κ1) is 24.1. The number of para-hydroxylation sites is 2. The Kier molecular flexibility index (Phi) is 5.44. The van der Waals surface area contributed by atoms with Crippen molar-refractivity contribution in [3.05, 3.63) is 139 Å². The first-order chi connectivity index (χ1) is 20.8. The summed E-state index contributed by atoms with van der Waals surface area (Å²) in [6.45, 7) is 0. The molecule has 0 saturated heterocycles. The summed E-state index contributed by atoms with van der Waals surface area (Å²) in [4.78, 5) is 0. The van der Waals surface area contributed by atoms with Gasteiger partial charge in [-0.1, -0.05) is 91.0 Å². The SMILES string of the molecule is N#Cc1ccc(-c2ccccc2-c2ccc3sc4ccccc4c3c2)c(-n2c3ccccc3c3ccccc32)c1C#N. The highest BCUT2D eigenvalue weighted by Crippen LogP contribution is 2.43. The summed E-state index contributed by atoms with van der Waals surface area (Å²) >= 11 is 1.81. The van der Waals surface area contributed by atoms with Crippen molar-refractivity contribution in [3.63, 3.8) is 0 Å². The topological polar surface area (TPSA) is 52.5 Å². The number of nitriles is 2. The van der Waals surface area contributed by atoms with Crippen LogP contribution in [0.5, 0.6) is 0 Å². The molecule has 42 heavy (non-hydrogen) atoms. The lowest BCUT2D eigenvalue weighted by Gasteiger charge is -2.19. The van der Waals surface area contributed by atoms with Gasteiger partial charge in [0.15, 0.2) is 0 Å². The molecule has 0 fully saturated rings. The van der Waals surface area contributed by atoms with Gasteiger partial charge >= 0.3 is 0 Å². The van der Waals surface area contributed by atoms with Crippen LogP contribution in [0.3, 0.4) is 0 Å². The molecule has 0 aliphatic rings. The van der Waals surface area contributed by atoms with Gasteiger partial charge in [-0.3, -0.25) is 0 Å². The van der Waals surface area contributed by atoms with Crippen molar-refractivity contribution < 1.29 is 0 Å². The molecule has 194 valence electrons. The van der Waals surface area contributed by atoms with E-state index in [9.17, 15) is 10.5 Å². The van der Waals surface area contributed by atoms with Gasteiger partial charge in [0, 0.05) is 36.5 Å². The summed E-state index contributed by atoms with van der Waals surface area (Å²) in [5, 5.41) is 25.3. The van der Waals surface area contributed by atoms with E-state index in [-0.39, 0.29) is 0 Å². The summed E-state index contributed by atoms with van der Waals surface area (Å²) < 4.78 is 4.69. The van der Waals surface area contributed by atoms with Crippen molar-refractivity contribution in [1.29, 1.82) is 10.5 Å². The van der Waals surface area contributed by atoms with E-state index in [1.165, 1.54) is 20.2 Å². The van der Waals surface area contributed by atoms with E-state index in [0.29, 0.717) is 11.1 Å². The van der Waals surface area contributed by atoms with Crippen molar-refractivity contribution >= 4 is 53.3 Å². The predicted octanol–water partition coefficient (Wildman–Crippen LogP) is 10.2. The van der Waals surface area contributed by atoms with Gasteiger partial charge in [-0.05, 0) is 53.1 Å². The van der Waals surface area contributed by atoms with Crippen molar-refractivity contribution in [2.45, 2.75) is 0 Å². The maximum atomic E-state index is 10.5. The van der Waals surface area contributed by atoms with Gasteiger partial charge in [0.1, 0.15) is 12.1 Å². The number of rotatable bonds is 3. The molecule has 0 saturated carbocycles. The number of fused-ring (bicyclic) bond motifs is 6. The minimum atomic E-state index is 0.363. The van der Waals surface area contributed by atoms with Crippen LogP contribution in [-0.4, -0.2) is 4.57 Å². The Balaban J connectivity index is 1.46. The fraction of sp³-hybridized carbons (Fsp3) is 0. The van der Waals surface area contributed by atoms with E-state index in [4.69, 9.17) is 0 Å². The third kappa shape index (κ3) is 3.50. The van der Waals surface area contributed by atoms with Gasteiger partial charge in [-0.25, -0.2) is 0 Å². The minimum absolute atomic E-state index is 0.363. The van der Waals surface area contributed by atoms with Crippen LogP contribution in [0.4, 0.5) is 0 Å². The maximum absolute atomic E-state index is 10.5. The fourth-order valence-electron chi connectivity index (χ4n) is 6.27. The fourth-order valence-corrected chi connectivity index (χ4v) is 7.36. The first-order valence-electron chi connectivity index (χ1n) is 13.7. The first-order valence-corrected chi connectivity index (χ1v) is 14.6. The summed E-state index contributed by atoms with van der Waals surface area (Å²) in [6, 6.07) is 48.5. The Bertz CT molecular complexity index is 2390. The average Bonchev–Trinajstić information content (AvgIpc) is 3.59. The molecule has 0 radical (unpaired) electrons. The van der Waals surface area contributed by atoms with Gasteiger partial charge in [0.25, 0.3) is 0 Å². The normalized spacial score (nSPS) is 11.3. The largest absolute Gasteiger partial charge is 0.307 e. The Morgan fingerprint density at radius 3 is 1.83 bits per heavy atom. The van der Waals surface area contributed by atoms with Crippen LogP contribution in [0, 0.1) is 22.7 Å². The molecule has 0 N–H and O–H groups in total. The monoisotopic (exact) mass is 551 g/mol. The van der Waals surface area contributed by atoms with Crippen molar-refractivity contribution in [3.8, 4) is 40.1 Å². The molecular weight excluding hydrogens is 531 g/mol. The number of hydrogen-bond acceptors (Lipinski definition) is 3. The lowest BCUT2D eigenvalue weighted by Crippen LogP contribution is -2.03. The number of nitrogens with zero attached hydrogens (tertiary/aromatic N) is 3.